The SMILES string of the molecule is CNC(=O)CCNC(=O)c1nn(C)cc1N. The summed E-state index contributed by atoms with van der Waals surface area (Å²) in [5.74, 6) is -0.503. The van der Waals surface area contributed by atoms with Gasteiger partial charge in [0.1, 0.15) is 0 Å². The maximum Gasteiger partial charge on any atom is 0.273 e. The molecule has 0 fully saturated rings. The minimum atomic E-state index is -0.373. The Morgan fingerprint density at radius 2 is 2.25 bits per heavy atom. The van der Waals surface area contributed by atoms with Crippen molar-refractivity contribution in [3.05, 3.63) is 11.9 Å². The second kappa shape index (κ2) is 5.15. The first kappa shape index (κ1) is 12.0. The first-order valence-electron chi connectivity index (χ1n) is 4.82. The van der Waals surface area contributed by atoms with E-state index in [0.29, 0.717) is 5.69 Å². The van der Waals surface area contributed by atoms with Crippen molar-refractivity contribution < 1.29 is 9.59 Å². The van der Waals surface area contributed by atoms with Crippen LogP contribution in [0.3, 0.4) is 0 Å². The van der Waals surface area contributed by atoms with Crippen LogP contribution in [0.25, 0.3) is 0 Å². The van der Waals surface area contributed by atoms with Crippen LogP contribution >= 0.6 is 0 Å². The molecule has 7 heteroatoms. The van der Waals surface area contributed by atoms with Gasteiger partial charge in [0.05, 0.1) is 5.69 Å². The number of carbonyl (C=O) groups is 2. The van der Waals surface area contributed by atoms with Gasteiger partial charge >= 0.3 is 0 Å². The number of rotatable bonds is 4. The standard InChI is InChI=1S/C9H15N5O2/c1-11-7(15)3-4-12-9(16)8-6(10)5-14(2)13-8/h5H,3-4,10H2,1-2H3,(H,11,15)(H,12,16). The van der Waals surface area contributed by atoms with E-state index in [2.05, 4.69) is 15.7 Å². The molecular weight excluding hydrogens is 210 g/mol. The Labute approximate surface area is 93.0 Å². The number of nitrogen functional groups attached to an aromatic ring is 1. The molecule has 0 radical (unpaired) electrons. The fourth-order valence-corrected chi connectivity index (χ4v) is 1.18. The molecule has 0 aliphatic rings. The molecule has 2 amide bonds. The molecule has 4 N–H and O–H groups in total. The highest BCUT2D eigenvalue weighted by Gasteiger charge is 2.13. The number of nitrogens with one attached hydrogen (secondary N) is 2. The largest absolute Gasteiger partial charge is 0.396 e. The second-order valence-corrected chi connectivity index (χ2v) is 3.29. The summed E-state index contributed by atoms with van der Waals surface area (Å²) < 4.78 is 1.46. The molecule has 1 aromatic heterocycles. The Hall–Kier alpha value is -2.05. The molecule has 0 bridgehead atoms. The Kier molecular flexibility index (Phi) is 3.87. The van der Waals surface area contributed by atoms with Gasteiger partial charge in [-0.3, -0.25) is 14.3 Å². The first-order valence-corrected chi connectivity index (χ1v) is 4.82. The molecule has 0 aliphatic carbocycles. The summed E-state index contributed by atoms with van der Waals surface area (Å²) in [6.45, 7) is 0.258. The molecule has 16 heavy (non-hydrogen) atoms. The van der Waals surface area contributed by atoms with E-state index in [1.165, 1.54) is 4.68 Å². The van der Waals surface area contributed by atoms with Crippen LogP contribution in [0.15, 0.2) is 6.20 Å². The predicted octanol–water partition coefficient (Wildman–Crippen LogP) is -1.13. The molecule has 7 nitrogen and oxygen atoms in total. The van der Waals surface area contributed by atoms with Crippen LogP contribution in [0.2, 0.25) is 0 Å². The quantitative estimate of drug-likeness (QED) is 0.603. The number of aryl methyl sites for hydroxylation is 1. The van der Waals surface area contributed by atoms with Gasteiger partial charge in [-0.15, -0.1) is 0 Å². The summed E-state index contributed by atoms with van der Waals surface area (Å²) in [6.07, 6.45) is 1.78. The summed E-state index contributed by atoms with van der Waals surface area (Å²) in [7, 11) is 3.22. The average Bonchev–Trinajstić information content (AvgIpc) is 2.57. The van der Waals surface area contributed by atoms with Crippen molar-refractivity contribution in [1.29, 1.82) is 0 Å². The third-order valence-electron chi connectivity index (χ3n) is 1.99. The highest BCUT2D eigenvalue weighted by molar-refractivity contribution is 5.97. The number of hydrogen-bond acceptors (Lipinski definition) is 4. The minimum absolute atomic E-state index is 0.130. The smallest absolute Gasteiger partial charge is 0.273 e. The normalized spacial score (nSPS) is 9.88. The average molecular weight is 225 g/mol. The van der Waals surface area contributed by atoms with E-state index in [9.17, 15) is 9.59 Å². The molecule has 0 unspecified atom stereocenters. The van der Waals surface area contributed by atoms with Gasteiger partial charge in [-0.25, -0.2) is 0 Å². The molecule has 1 rings (SSSR count). The predicted molar refractivity (Wildman–Crippen MR) is 58.6 cm³/mol. The van der Waals surface area contributed by atoms with E-state index in [4.69, 9.17) is 5.73 Å². The molecule has 0 spiro atoms. The van der Waals surface area contributed by atoms with Crippen molar-refractivity contribution in [2.75, 3.05) is 19.3 Å². The van der Waals surface area contributed by atoms with E-state index in [1.807, 2.05) is 0 Å². The molecule has 0 saturated heterocycles. The van der Waals surface area contributed by atoms with Gasteiger partial charge in [0.2, 0.25) is 5.91 Å². The van der Waals surface area contributed by atoms with Gasteiger partial charge in [-0.2, -0.15) is 5.10 Å². The number of hydrogen-bond donors (Lipinski definition) is 3. The third-order valence-corrected chi connectivity index (χ3v) is 1.99. The summed E-state index contributed by atoms with van der Waals surface area (Å²) in [5.41, 5.74) is 6.08. The summed E-state index contributed by atoms with van der Waals surface area (Å²) >= 11 is 0. The van der Waals surface area contributed by atoms with Gasteiger partial charge in [0.15, 0.2) is 5.69 Å². The Morgan fingerprint density at radius 1 is 1.56 bits per heavy atom. The second-order valence-electron chi connectivity index (χ2n) is 3.29. The number of nitrogens with two attached hydrogens (primary N) is 1. The lowest BCUT2D eigenvalue weighted by molar-refractivity contribution is -0.120. The van der Waals surface area contributed by atoms with E-state index < -0.39 is 0 Å². The van der Waals surface area contributed by atoms with Crippen LogP contribution in [0.4, 0.5) is 5.69 Å². The van der Waals surface area contributed by atoms with Crippen LogP contribution in [0.5, 0.6) is 0 Å². The minimum Gasteiger partial charge on any atom is -0.396 e. The number of nitrogens with zero attached hydrogens (tertiary/aromatic N) is 2. The number of amides is 2. The van der Waals surface area contributed by atoms with Crippen molar-refractivity contribution in [2.24, 2.45) is 7.05 Å². The zero-order chi connectivity index (χ0) is 12.1. The lowest BCUT2D eigenvalue weighted by atomic mass is 10.3. The van der Waals surface area contributed by atoms with Crippen LogP contribution in [0, 0.1) is 0 Å². The molecular formula is C9H15N5O2. The van der Waals surface area contributed by atoms with Crippen molar-refractivity contribution >= 4 is 17.5 Å². The molecule has 0 aliphatic heterocycles. The lowest BCUT2D eigenvalue weighted by Gasteiger charge is -2.02. The van der Waals surface area contributed by atoms with Crippen LogP contribution in [-0.2, 0) is 11.8 Å². The molecule has 0 atom stereocenters. The summed E-state index contributed by atoms with van der Waals surface area (Å²) in [6, 6.07) is 0. The number of carbonyl (C=O) groups excluding carboxylic acids is 2. The van der Waals surface area contributed by atoms with E-state index in [1.54, 1.807) is 20.3 Å². The maximum atomic E-state index is 11.6. The Bertz CT molecular complexity index is 399. The van der Waals surface area contributed by atoms with Gasteiger partial charge < -0.3 is 16.4 Å². The van der Waals surface area contributed by atoms with E-state index in [-0.39, 0.29) is 30.5 Å². The third kappa shape index (κ3) is 2.97. The molecule has 1 aromatic rings. The highest BCUT2D eigenvalue weighted by atomic mass is 16.2. The summed E-state index contributed by atoms with van der Waals surface area (Å²) in [4.78, 5) is 22.4. The Morgan fingerprint density at radius 3 is 2.75 bits per heavy atom. The number of aromatic nitrogens is 2. The zero-order valence-electron chi connectivity index (χ0n) is 9.28. The van der Waals surface area contributed by atoms with Gasteiger partial charge in [0, 0.05) is 33.3 Å². The van der Waals surface area contributed by atoms with Crippen molar-refractivity contribution in [1.82, 2.24) is 20.4 Å². The van der Waals surface area contributed by atoms with Gasteiger partial charge in [-0.1, -0.05) is 0 Å². The molecule has 1 heterocycles. The lowest BCUT2D eigenvalue weighted by Crippen LogP contribution is -2.29. The molecule has 88 valence electrons. The van der Waals surface area contributed by atoms with Gasteiger partial charge in [-0.05, 0) is 0 Å². The monoisotopic (exact) mass is 225 g/mol. The first-order chi connectivity index (χ1) is 7.54. The topological polar surface area (TPSA) is 102 Å². The highest BCUT2D eigenvalue weighted by Crippen LogP contribution is 2.07. The van der Waals surface area contributed by atoms with Crippen molar-refractivity contribution in [3.8, 4) is 0 Å². The van der Waals surface area contributed by atoms with E-state index >= 15 is 0 Å². The van der Waals surface area contributed by atoms with Crippen LogP contribution < -0.4 is 16.4 Å². The van der Waals surface area contributed by atoms with Crippen molar-refractivity contribution in [3.63, 3.8) is 0 Å². The maximum absolute atomic E-state index is 11.6. The van der Waals surface area contributed by atoms with Gasteiger partial charge in [0.25, 0.3) is 5.91 Å². The van der Waals surface area contributed by atoms with Crippen molar-refractivity contribution in [2.45, 2.75) is 6.42 Å². The zero-order valence-corrected chi connectivity index (χ0v) is 9.28. The molecule has 0 saturated carbocycles. The van der Waals surface area contributed by atoms with E-state index in [0.717, 1.165) is 0 Å². The van der Waals surface area contributed by atoms with Crippen LogP contribution in [0.1, 0.15) is 16.9 Å². The fraction of sp³-hybridized carbons (Fsp3) is 0.444. The van der Waals surface area contributed by atoms with Crippen LogP contribution in [-0.4, -0.2) is 35.2 Å². The number of anilines is 1. The fourth-order valence-electron chi connectivity index (χ4n) is 1.18. The molecule has 0 aromatic carbocycles. The Balaban J connectivity index is 2.47. The summed E-state index contributed by atoms with van der Waals surface area (Å²) in [5, 5.41) is 8.93.